The highest BCUT2D eigenvalue weighted by atomic mass is 19.4. The van der Waals surface area contributed by atoms with Crippen molar-refractivity contribution in [2.75, 3.05) is 19.8 Å². The van der Waals surface area contributed by atoms with E-state index >= 15 is 0 Å². The summed E-state index contributed by atoms with van der Waals surface area (Å²) in [6, 6.07) is 21.2. The summed E-state index contributed by atoms with van der Waals surface area (Å²) in [5.74, 6) is 0.537. The standard InChI is InChI=1S/C28H28F3N3O4/c29-28(30,31)23-11-7-21(8-12-23)18-32-34-26(36)27(17-20-5-2-1-3-6-20)19-38-25(33-27)22-9-13-24(14-10-22)37-16-4-15-35/h1-3,5-14,32,35H,4,15-19H2,(H,34,36)/t27-/m0/s1. The molecule has 38 heavy (non-hydrogen) atoms. The molecule has 3 N–H and O–H groups in total. The third-order valence-corrected chi connectivity index (χ3v) is 5.97. The van der Waals surface area contributed by atoms with Crippen molar-refractivity contribution in [1.82, 2.24) is 10.9 Å². The number of hydrazine groups is 1. The van der Waals surface area contributed by atoms with Crippen LogP contribution in [0.5, 0.6) is 5.75 Å². The monoisotopic (exact) mass is 527 g/mol. The van der Waals surface area contributed by atoms with Crippen molar-refractivity contribution < 1.29 is 32.5 Å². The first kappa shape index (κ1) is 27.2. The molecule has 4 rings (SSSR count). The van der Waals surface area contributed by atoms with Crippen molar-refractivity contribution in [3.8, 4) is 5.75 Å². The molecular formula is C28H28F3N3O4. The molecule has 1 aliphatic heterocycles. The van der Waals surface area contributed by atoms with Crippen molar-refractivity contribution in [2.45, 2.75) is 31.1 Å². The van der Waals surface area contributed by atoms with Gasteiger partial charge in [-0.2, -0.15) is 13.2 Å². The highest BCUT2D eigenvalue weighted by Crippen LogP contribution is 2.29. The molecule has 10 heteroatoms. The van der Waals surface area contributed by atoms with E-state index in [0.29, 0.717) is 35.8 Å². The first-order valence-electron chi connectivity index (χ1n) is 12.1. The quantitative estimate of drug-likeness (QED) is 0.259. The van der Waals surface area contributed by atoms with Gasteiger partial charge in [0.15, 0.2) is 5.54 Å². The first-order valence-corrected chi connectivity index (χ1v) is 12.1. The van der Waals surface area contributed by atoms with Gasteiger partial charge in [0.1, 0.15) is 12.4 Å². The number of rotatable bonds is 11. The van der Waals surface area contributed by atoms with Crippen LogP contribution in [0.2, 0.25) is 0 Å². The van der Waals surface area contributed by atoms with Crippen LogP contribution < -0.4 is 15.6 Å². The van der Waals surface area contributed by atoms with Crippen LogP contribution in [0.25, 0.3) is 0 Å². The largest absolute Gasteiger partial charge is 0.494 e. The molecule has 0 saturated carbocycles. The number of hydrogen-bond acceptors (Lipinski definition) is 6. The molecule has 7 nitrogen and oxygen atoms in total. The van der Waals surface area contributed by atoms with Crippen LogP contribution in [0, 0.1) is 0 Å². The fourth-order valence-corrected chi connectivity index (χ4v) is 3.92. The van der Waals surface area contributed by atoms with Gasteiger partial charge in [-0.15, -0.1) is 0 Å². The van der Waals surface area contributed by atoms with E-state index in [1.165, 1.54) is 12.1 Å². The molecule has 3 aromatic carbocycles. The first-order chi connectivity index (χ1) is 18.3. The summed E-state index contributed by atoms with van der Waals surface area (Å²) in [5.41, 5.74) is 5.61. The Morgan fingerprint density at radius 3 is 2.37 bits per heavy atom. The Kier molecular flexibility index (Phi) is 8.65. The Morgan fingerprint density at radius 1 is 1.00 bits per heavy atom. The normalized spacial score (nSPS) is 17.0. The van der Waals surface area contributed by atoms with Crippen molar-refractivity contribution in [3.63, 3.8) is 0 Å². The van der Waals surface area contributed by atoms with Gasteiger partial charge >= 0.3 is 6.18 Å². The van der Waals surface area contributed by atoms with Crippen LogP contribution in [0.15, 0.2) is 83.9 Å². The maximum Gasteiger partial charge on any atom is 0.416 e. The molecule has 1 heterocycles. The van der Waals surface area contributed by atoms with E-state index < -0.39 is 23.2 Å². The van der Waals surface area contributed by atoms with Crippen LogP contribution in [-0.2, 0) is 28.7 Å². The lowest BCUT2D eigenvalue weighted by molar-refractivity contribution is -0.137. The molecule has 0 aliphatic carbocycles. The summed E-state index contributed by atoms with van der Waals surface area (Å²) in [5, 5.41) is 8.89. The zero-order valence-electron chi connectivity index (χ0n) is 20.5. The third kappa shape index (κ3) is 6.90. The summed E-state index contributed by atoms with van der Waals surface area (Å²) >= 11 is 0. The molecule has 1 amide bonds. The number of carbonyl (C=O) groups excluding carboxylic acids is 1. The van der Waals surface area contributed by atoms with Gasteiger partial charge in [-0.3, -0.25) is 10.2 Å². The van der Waals surface area contributed by atoms with Gasteiger partial charge in [0.25, 0.3) is 5.91 Å². The second-order valence-electron chi connectivity index (χ2n) is 8.85. The highest BCUT2D eigenvalue weighted by molar-refractivity contribution is 6.00. The minimum atomic E-state index is -4.41. The smallest absolute Gasteiger partial charge is 0.416 e. The van der Waals surface area contributed by atoms with Crippen LogP contribution in [0.4, 0.5) is 13.2 Å². The maximum atomic E-state index is 13.4. The third-order valence-electron chi connectivity index (χ3n) is 5.97. The number of nitrogens with one attached hydrogen (secondary N) is 2. The molecule has 3 aromatic rings. The van der Waals surface area contributed by atoms with E-state index in [2.05, 4.69) is 10.9 Å². The van der Waals surface area contributed by atoms with Crippen molar-refractivity contribution in [1.29, 1.82) is 0 Å². The number of carbonyl (C=O) groups is 1. The minimum absolute atomic E-state index is 0.0137. The van der Waals surface area contributed by atoms with Crippen LogP contribution in [-0.4, -0.2) is 42.3 Å². The minimum Gasteiger partial charge on any atom is -0.494 e. The van der Waals surface area contributed by atoms with Crippen molar-refractivity contribution in [3.05, 3.63) is 101 Å². The lowest BCUT2D eigenvalue weighted by Crippen LogP contribution is -2.52. The Bertz CT molecular complexity index is 1230. The summed E-state index contributed by atoms with van der Waals surface area (Å²) < 4.78 is 49.8. The Morgan fingerprint density at radius 2 is 1.71 bits per heavy atom. The predicted octanol–water partition coefficient (Wildman–Crippen LogP) is 4.05. The summed E-state index contributed by atoms with van der Waals surface area (Å²) in [7, 11) is 0. The number of ether oxygens (including phenoxy) is 2. The Hall–Kier alpha value is -3.89. The lowest BCUT2D eigenvalue weighted by Gasteiger charge is -2.23. The molecular weight excluding hydrogens is 499 g/mol. The molecule has 0 unspecified atom stereocenters. The molecule has 1 atom stereocenters. The zero-order chi connectivity index (χ0) is 27.0. The number of alkyl halides is 3. The molecule has 1 aliphatic rings. The van der Waals surface area contributed by atoms with E-state index in [1.807, 2.05) is 30.3 Å². The molecule has 200 valence electrons. The van der Waals surface area contributed by atoms with Crippen LogP contribution in [0.3, 0.4) is 0 Å². The molecule has 0 spiro atoms. The molecule has 0 bridgehead atoms. The van der Waals surface area contributed by atoms with Crippen molar-refractivity contribution >= 4 is 11.8 Å². The van der Waals surface area contributed by atoms with E-state index in [-0.39, 0.29) is 26.2 Å². The molecule has 0 radical (unpaired) electrons. The number of aliphatic hydroxyl groups excluding tert-OH is 1. The number of benzene rings is 3. The lowest BCUT2D eigenvalue weighted by atomic mass is 9.91. The van der Waals surface area contributed by atoms with Crippen LogP contribution >= 0.6 is 0 Å². The summed E-state index contributed by atoms with van der Waals surface area (Å²) in [6.45, 7) is 0.584. The summed E-state index contributed by atoms with van der Waals surface area (Å²) in [6.07, 6.45) is -3.59. The molecule has 0 saturated heterocycles. The molecule has 0 aromatic heterocycles. The fraction of sp³-hybridized carbons (Fsp3) is 0.286. The van der Waals surface area contributed by atoms with Crippen molar-refractivity contribution in [2.24, 2.45) is 4.99 Å². The number of aliphatic hydroxyl groups is 1. The Balaban J connectivity index is 1.46. The number of halogens is 3. The summed E-state index contributed by atoms with van der Waals surface area (Å²) in [4.78, 5) is 18.1. The van der Waals surface area contributed by atoms with E-state index in [9.17, 15) is 18.0 Å². The average Bonchev–Trinajstić information content (AvgIpc) is 3.35. The SMILES string of the molecule is O=C(NNCc1ccc(C(F)(F)F)cc1)[C@]1(Cc2ccccc2)COC(c2ccc(OCCCO)cc2)=N1. The van der Waals surface area contributed by atoms with Gasteiger partial charge in [-0.25, -0.2) is 10.4 Å². The second kappa shape index (κ2) is 12.1. The average molecular weight is 528 g/mol. The maximum absolute atomic E-state index is 13.4. The van der Waals surface area contributed by atoms with Gasteiger partial charge in [-0.05, 0) is 47.5 Å². The topological polar surface area (TPSA) is 92.2 Å². The highest BCUT2D eigenvalue weighted by Gasteiger charge is 2.44. The predicted molar refractivity (Wildman–Crippen MR) is 135 cm³/mol. The number of hydrogen-bond donors (Lipinski definition) is 3. The Labute approximate surface area is 218 Å². The van der Waals surface area contributed by atoms with Gasteiger partial charge < -0.3 is 14.6 Å². The van der Waals surface area contributed by atoms with E-state index in [1.54, 1.807) is 24.3 Å². The van der Waals surface area contributed by atoms with E-state index in [4.69, 9.17) is 19.6 Å². The van der Waals surface area contributed by atoms with Gasteiger partial charge in [0.2, 0.25) is 5.90 Å². The second-order valence-corrected chi connectivity index (χ2v) is 8.85. The number of aliphatic imine (C=N–C) groups is 1. The van der Waals surface area contributed by atoms with Crippen LogP contribution in [0.1, 0.15) is 28.7 Å². The number of nitrogens with zero attached hydrogens (tertiary/aromatic N) is 1. The van der Waals surface area contributed by atoms with E-state index in [0.717, 1.165) is 17.7 Å². The van der Waals surface area contributed by atoms with Gasteiger partial charge in [0.05, 0.1) is 12.2 Å². The zero-order valence-corrected chi connectivity index (χ0v) is 20.5. The fourth-order valence-electron chi connectivity index (χ4n) is 3.92. The van der Waals surface area contributed by atoms with Gasteiger partial charge in [-0.1, -0.05) is 42.5 Å². The molecule has 0 fully saturated rings. The van der Waals surface area contributed by atoms with Gasteiger partial charge in [0, 0.05) is 31.6 Å². The number of amides is 1.